The highest BCUT2D eigenvalue weighted by atomic mass is 32.1. The van der Waals surface area contributed by atoms with Crippen LogP contribution >= 0.6 is 11.3 Å². The van der Waals surface area contributed by atoms with Gasteiger partial charge in [0.1, 0.15) is 11.5 Å². The van der Waals surface area contributed by atoms with Gasteiger partial charge in [-0.3, -0.25) is 10.1 Å². The first-order valence-corrected chi connectivity index (χ1v) is 7.65. The Morgan fingerprint density at radius 3 is 2.91 bits per heavy atom. The summed E-state index contributed by atoms with van der Waals surface area (Å²) >= 11 is 1.60. The Labute approximate surface area is 129 Å². The number of pyridine rings is 1. The van der Waals surface area contributed by atoms with E-state index in [1.807, 2.05) is 23.6 Å². The Bertz CT molecular complexity index is 930. The van der Waals surface area contributed by atoms with Crippen molar-refractivity contribution >= 4 is 22.2 Å². The normalized spacial score (nSPS) is 11.1. The molecule has 3 aromatic heterocycles. The van der Waals surface area contributed by atoms with Gasteiger partial charge < -0.3 is 0 Å². The third-order valence-electron chi connectivity index (χ3n) is 3.48. The number of nitrogens with one attached hydrogen (secondary N) is 1. The average Bonchev–Trinajstić information content (AvgIpc) is 3.18. The number of nitrogens with zero attached hydrogens (tertiary/aromatic N) is 3. The van der Waals surface area contributed by atoms with Crippen LogP contribution in [0.15, 0.2) is 48.1 Å². The minimum atomic E-state index is -0.327. The van der Waals surface area contributed by atoms with Crippen molar-refractivity contribution in [2.24, 2.45) is 0 Å². The Morgan fingerprint density at radius 2 is 2.09 bits per heavy atom. The number of fused-ring (bicyclic) bond motifs is 1. The summed E-state index contributed by atoms with van der Waals surface area (Å²) in [7, 11) is 0. The Kier molecular flexibility index (Phi) is 3.16. The topological polar surface area (TPSA) is 54.5 Å². The minimum absolute atomic E-state index is 0.327. The van der Waals surface area contributed by atoms with Crippen LogP contribution in [-0.4, -0.2) is 20.2 Å². The summed E-state index contributed by atoms with van der Waals surface area (Å²) < 4.78 is 13.9. The molecule has 108 valence electrons. The van der Waals surface area contributed by atoms with E-state index in [1.165, 1.54) is 6.07 Å². The predicted octanol–water partition coefficient (Wildman–Crippen LogP) is 3.81. The highest BCUT2D eigenvalue weighted by Gasteiger charge is 2.11. The van der Waals surface area contributed by atoms with Gasteiger partial charge in [-0.15, -0.1) is 11.3 Å². The van der Waals surface area contributed by atoms with Gasteiger partial charge in [-0.2, -0.15) is 5.10 Å². The molecule has 1 N–H and O–H groups in total. The summed E-state index contributed by atoms with van der Waals surface area (Å²) in [5.41, 5.74) is 2.92. The lowest BCUT2D eigenvalue weighted by Crippen LogP contribution is -1.90. The summed E-state index contributed by atoms with van der Waals surface area (Å²) in [5, 5.41) is 11.3. The maximum Gasteiger partial charge on any atom is 0.149 e. The van der Waals surface area contributed by atoms with Crippen LogP contribution < -0.4 is 0 Å². The summed E-state index contributed by atoms with van der Waals surface area (Å²) in [6.07, 6.45) is 4.06. The monoisotopic (exact) mass is 310 g/mol. The van der Waals surface area contributed by atoms with Crippen LogP contribution in [0.1, 0.15) is 10.7 Å². The Hall–Kier alpha value is -2.60. The van der Waals surface area contributed by atoms with Crippen LogP contribution in [0.3, 0.4) is 0 Å². The van der Waals surface area contributed by atoms with E-state index in [0.717, 1.165) is 27.2 Å². The molecule has 4 aromatic rings. The van der Waals surface area contributed by atoms with Crippen LogP contribution in [-0.2, 0) is 6.42 Å². The molecule has 0 aliphatic rings. The van der Waals surface area contributed by atoms with Crippen LogP contribution in [0.2, 0.25) is 0 Å². The fourth-order valence-corrected chi connectivity index (χ4v) is 3.06. The number of H-pyrrole nitrogens is 1. The molecule has 0 aliphatic heterocycles. The largest absolute Gasteiger partial charge is 0.281 e. The van der Waals surface area contributed by atoms with E-state index in [2.05, 4.69) is 20.2 Å². The fraction of sp³-hybridized carbons (Fsp3) is 0.0625. The molecule has 0 amide bonds. The fourth-order valence-electron chi connectivity index (χ4n) is 2.43. The second-order valence-electron chi connectivity index (χ2n) is 4.87. The zero-order valence-electron chi connectivity index (χ0n) is 11.5. The molecular weight excluding hydrogens is 299 g/mol. The second kappa shape index (κ2) is 5.31. The molecule has 0 saturated heterocycles. The first-order valence-electron chi connectivity index (χ1n) is 6.77. The highest BCUT2D eigenvalue weighted by molar-refractivity contribution is 7.09. The lowest BCUT2D eigenvalue weighted by molar-refractivity contribution is 0.626. The number of thiazole rings is 1. The maximum absolute atomic E-state index is 13.9. The molecule has 22 heavy (non-hydrogen) atoms. The van der Waals surface area contributed by atoms with E-state index in [1.54, 1.807) is 29.8 Å². The number of benzene rings is 1. The first kappa shape index (κ1) is 13.1. The zero-order valence-corrected chi connectivity index (χ0v) is 12.3. The zero-order chi connectivity index (χ0) is 14.9. The van der Waals surface area contributed by atoms with Gasteiger partial charge in [0.2, 0.25) is 0 Å². The van der Waals surface area contributed by atoms with Gasteiger partial charge in [0.25, 0.3) is 0 Å². The Morgan fingerprint density at radius 1 is 1.14 bits per heavy atom. The third kappa shape index (κ3) is 2.27. The highest BCUT2D eigenvalue weighted by Crippen LogP contribution is 2.26. The predicted molar refractivity (Wildman–Crippen MR) is 84.2 cm³/mol. The quantitative estimate of drug-likeness (QED) is 0.626. The SMILES string of the molecule is Fc1cccnc1-c1ccc2n[nH]c(Cc3nccs3)c2c1. The summed E-state index contributed by atoms with van der Waals surface area (Å²) in [6, 6.07) is 8.64. The van der Waals surface area contributed by atoms with Crippen molar-refractivity contribution in [3.8, 4) is 11.3 Å². The van der Waals surface area contributed by atoms with E-state index >= 15 is 0 Å². The molecular formula is C16H11FN4S. The van der Waals surface area contributed by atoms with E-state index in [-0.39, 0.29) is 5.82 Å². The molecule has 0 fully saturated rings. The molecule has 0 aliphatic carbocycles. The molecule has 0 unspecified atom stereocenters. The lowest BCUT2D eigenvalue weighted by Gasteiger charge is -2.03. The molecule has 0 radical (unpaired) electrons. The lowest BCUT2D eigenvalue weighted by atomic mass is 10.1. The summed E-state index contributed by atoms with van der Waals surface area (Å²) in [4.78, 5) is 8.42. The molecule has 0 bridgehead atoms. The number of halogens is 1. The number of rotatable bonds is 3. The van der Waals surface area contributed by atoms with Crippen molar-refractivity contribution in [2.45, 2.75) is 6.42 Å². The molecule has 0 spiro atoms. The van der Waals surface area contributed by atoms with Gasteiger partial charge in [-0.25, -0.2) is 9.37 Å². The van der Waals surface area contributed by atoms with Crippen molar-refractivity contribution < 1.29 is 4.39 Å². The summed E-state index contributed by atoms with van der Waals surface area (Å²) in [5.74, 6) is -0.327. The van der Waals surface area contributed by atoms with E-state index in [0.29, 0.717) is 12.1 Å². The molecule has 1 aromatic carbocycles. The van der Waals surface area contributed by atoms with Gasteiger partial charge in [-0.05, 0) is 24.3 Å². The molecule has 4 nitrogen and oxygen atoms in total. The molecule has 3 heterocycles. The van der Waals surface area contributed by atoms with E-state index in [9.17, 15) is 4.39 Å². The third-order valence-corrected chi connectivity index (χ3v) is 4.26. The molecule has 0 saturated carbocycles. The minimum Gasteiger partial charge on any atom is -0.281 e. The second-order valence-corrected chi connectivity index (χ2v) is 5.85. The van der Waals surface area contributed by atoms with E-state index < -0.39 is 0 Å². The molecule has 4 rings (SSSR count). The molecule has 0 atom stereocenters. The Balaban J connectivity index is 1.81. The summed E-state index contributed by atoms with van der Waals surface area (Å²) in [6.45, 7) is 0. The van der Waals surface area contributed by atoms with Crippen molar-refractivity contribution in [1.29, 1.82) is 0 Å². The van der Waals surface area contributed by atoms with Crippen LogP contribution in [0.4, 0.5) is 4.39 Å². The van der Waals surface area contributed by atoms with Crippen molar-refractivity contribution in [3.05, 3.63) is 64.6 Å². The number of hydrogen-bond acceptors (Lipinski definition) is 4. The number of hydrogen-bond donors (Lipinski definition) is 1. The molecule has 6 heteroatoms. The van der Waals surface area contributed by atoms with Gasteiger partial charge >= 0.3 is 0 Å². The van der Waals surface area contributed by atoms with Crippen molar-refractivity contribution in [1.82, 2.24) is 20.2 Å². The van der Waals surface area contributed by atoms with Gasteiger partial charge in [0, 0.05) is 40.8 Å². The average molecular weight is 310 g/mol. The number of aromatic amines is 1. The van der Waals surface area contributed by atoms with Gasteiger partial charge in [-0.1, -0.05) is 6.07 Å². The number of aromatic nitrogens is 4. The smallest absolute Gasteiger partial charge is 0.149 e. The van der Waals surface area contributed by atoms with Crippen molar-refractivity contribution in [3.63, 3.8) is 0 Å². The van der Waals surface area contributed by atoms with Crippen LogP contribution in [0.5, 0.6) is 0 Å². The van der Waals surface area contributed by atoms with Crippen LogP contribution in [0, 0.1) is 5.82 Å². The van der Waals surface area contributed by atoms with Gasteiger partial charge in [0.15, 0.2) is 0 Å². The standard InChI is InChI=1S/C16H11FN4S/c17-12-2-1-5-19-16(12)10-3-4-13-11(8-10)14(21-20-13)9-15-18-6-7-22-15/h1-8H,9H2,(H,20,21). The van der Waals surface area contributed by atoms with Crippen molar-refractivity contribution in [2.75, 3.05) is 0 Å². The van der Waals surface area contributed by atoms with Gasteiger partial charge in [0.05, 0.1) is 10.5 Å². The van der Waals surface area contributed by atoms with E-state index in [4.69, 9.17) is 0 Å². The maximum atomic E-state index is 13.9. The van der Waals surface area contributed by atoms with Crippen LogP contribution in [0.25, 0.3) is 22.2 Å². The first-order chi connectivity index (χ1) is 10.8.